The van der Waals surface area contributed by atoms with E-state index in [-0.39, 0.29) is 46.2 Å². The molecular formula is C22H22F4N6O2. The molecule has 0 fully saturated rings. The number of hydrogen-bond donors (Lipinski definition) is 3. The van der Waals surface area contributed by atoms with Crippen molar-refractivity contribution in [3.05, 3.63) is 59.2 Å². The lowest BCUT2D eigenvalue weighted by Crippen LogP contribution is -2.34. The first-order chi connectivity index (χ1) is 15.9. The number of aromatic nitrogens is 4. The van der Waals surface area contributed by atoms with Crippen molar-refractivity contribution in [3.8, 4) is 5.75 Å². The molecule has 0 bridgehead atoms. The molecule has 12 heteroatoms. The van der Waals surface area contributed by atoms with Gasteiger partial charge in [-0.2, -0.15) is 17.7 Å². The fourth-order valence-corrected chi connectivity index (χ4v) is 3.64. The first-order valence-corrected chi connectivity index (χ1v) is 10.2. The maximum Gasteiger partial charge on any atom is 0.407 e. The normalized spacial score (nSPS) is 13.5. The van der Waals surface area contributed by atoms with E-state index in [4.69, 9.17) is 10.5 Å². The van der Waals surface area contributed by atoms with Crippen molar-refractivity contribution >= 4 is 22.5 Å². The van der Waals surface area contributed by atoms with Crippen LogP contribution >= 0.6 is 0 Å². The zero-order chi connectivity index (χ0) is 24.8. The fraction of sp³-hybridized carbons (Fsp3) is 0.318. The van der Waals surface area contributed by atoms with Crippen LogP contribution in [0.4, 0.5) is 23.5 Å². The Morgan fingerprint density at radius 1 is 1.15 bits per heavy atom. The minimum atomic E-state index is -4.61. The van der Waals surface area contributed by atoms with Crippen LogP contribution in [-0.4, -0.2) is 38.0 Å². The summed E-state index contributed by atoms with van der Waals surface area (Å²) in [4.78, 5) is 8.42. The molecule has 2 heterocycles. The lowest BCUT2D eigenvalue weighted by atomic mass is 9.95. The minimum Gasteiger partial charge on any atom is -0.494 e. The van der Waals surface area contributed by atoms with Crippen LogP contribution in [0.1, 0.15) is 36.8 Å². The highest BCUT2D eigenvalue weighted by atomic mass is 19.4. The number of alkyl halides is 3. The third kappa shape index (κ3) is 4.46. The Kier molecular flexibility index (Phi) is 5.82. The molecule has 0 saturated carbocycles. The Morgan fingerprint density at radius 2 is 1.82 bits per heavy atom. The highest BCUT2D eigenvalue weighted by molar-refractivity contribution is 5.95. The van der Waals surface area contributed by atoms with E-state index in [0.717, 1.165) is 10.6 Å². The van der Waals surface area contributed by atoms with Gasteiger partial charge in [0.2, 0.25) is 5.95 Å². The predicted molar refractivity (Wildman–Crippen MR) is 117 cm³/mol. The standard InChI is InChI=1S/C22H22F4N6O2/c1-21(2,33)12-6-4-11(5-7-12)18(22(24,25)26)28-10-16-29-19-14-8-13(23)9-15(34-3)17(14)30-20(27)32(19)31-16/h4-9,18,28,33H,10H2,1-3H3,(H2,27,30)/t18-/m0/s1. The van der Waals surface area contributed by atoms with Gasteiger partial charge < -0.3 is 15.6 Å². The maximum atomic E-state index is 14.0. The Balaban J connectivity index is 1.67. The second kappa shape index (κ2) is 8.37. The van der Waals surface area contributed by atoms with Gasteiger partial charge in [0.05, 0.1) is 24.6 Å². The zero-order valence-electron chi connectivity index (χ0n) is 18.5. The number of methoxy groups -OCH3 is 1. The number of rotatable bonds is 6. The van der Waals surface area contributed by atoms with Gasteiger partial charge in [-0.15, -0.1) is 5.10 Å². The van der Waals surface area contributed by atoms with Crippen LogP contribution in [0.2, 0.25) is 0 Å². The average Bonchev–Trinajstić information content (AvgIpc) is 3.18. The first-order valence-electron chi connectivity index (χ1n) is 10.2. The molecule has 8 nitrogen and oxygen atoms in total. The molecule has 0 aliphatic carbocycles. The second-order valence-electron chi connectivity index (χ2n) is 8.27. The molecule has 4 rings (SSSR count). The molecule has 0 saturated heterocycles. The summed E-state index contributed by atoms with van der Waals surface area (Å²) in [5.41, 5.74) is 5.59. The third-order valence-corrected chi connectivity index (χ3v) is 5.34. The van der Waals surface area contributed by atoms with E-state index in [1.54, 1.807) is 13.8 Å². The molecule has 4 aromatic rings. The molecule has 0 spiro atoms. The largest absolute Gasteiger partial charge is 0.494 e. The van der Waals surface area contributed by atoms with Crippen molar-refractivity contribution in [2.45, 2.75) is 38.2 Å². The number of aliphatic hydroxyl groups is 1. The molecule has 34 heavy (non-hydrogen) atoms. The summed E-state index contributed by atoms with van der Waals surface area (Å²) in [6, 6.07) is 5.80. The number of hydrogen-bond acceptors (Lipinski definition) is 7. The van der Waals surface area contributed by atoms with E-state index in [2.05, 4.69) is 20.4 Å². The number of nitrogen functional groups attached to an aromatic ring is 1. The molecule has 0 aliphatic rings. The van der Waals surface area contributed by atoms with Crippen LogP contribution in [0.15, 0.2) is 36.4 Å². The molecule has 0 radical (unpaired) electrons. The van der Waals surface area contributed by atoms with E-state index in [0.29, 0.717) is 5.56 Å². The van der Waals surface area contributed by atoms with Crippen LogP contribution in [0.5, 0.6) is 5.75 Å². The van der Waals surface area contributed by atoms with Crippen LogP contribution in [0.3, 0.4) is 0 Å². The van der Waals surface area contributed by atoms with E-state index in [9.17, 15) is 22.7 Å². The minimum absolute atomic E-state index is 0.00610. The summed E-state index contributed by atoms with van der Waals surface area (Å²) >= 11 is 0. The number of halogens is 4. The number of ether oxygens (including phenoxy) is 1. The molecule has 0 aliphatic heterocycles. The molecule has 0 unspecified atom stereocenters. The van der Waals surface area contributed by atoms with Gasteiger partial charge in [-0.05, 0) is 31.0 Å². The molecular weight excluding hydrogens is 456 g/mol. The Bertz CT molecular complexity index is 1350. The highest BCUT2D eigenvalue weighted by Crippen LogP contribution is 2.34. The molecule has 4 N–H and O–H groups in total. The average molecular weight is 478 g/mol. The summed E-state index contributed by atoms with van der Waals surface area (Å²) in [7, 11) is 1.35. The van der Waals surface area contributed by atoms with E-state index >= 15 is 0 Å². The van der Waals surface area contributed by atoms with Gasteiger partial charge in [0.15, 0.2) is 11.5 Å². The number of benzene rings is 2. The lowest BCUT2D eigenvalue weighted by molar-refractivity contribution is -0.158. The van der Waals surface area contributed by atoms with E-state index in [1.165, 1.54) is 37.4 Å². The quantitative estimate of drug-likeness (QED) is 0.363. The molecule has 1 atom stereocenters. The smallest absolute Gasteiger partial charge is 0.407 e. The lowest BCUT2D eigenvalue weighted by Gasteiger charge is -2.23. The topological polar surface area (TPSA) is 111 Å². The van der Waals surface area contributed by atoms with Gasteiger partial charge in [0, 0.05) is 6.07 Å². The van der Waals surface area contributed by atoms with Crippen molar-refractivity contribution in [2.75, 3.05) is 12.8 Å². The number of nitrogens with zero attached hydrogens (tertiary/aromatic N) is 4. The monoisotopic (exact) mass is 478 g/mol. The second-order valence-corrected chi connectivity index (χ2v) is 8.27. The third-order valence-electron chi connectivity index (χ3n) is 5.34. The zero-order valence-corrected chi connectivity index (χ0v) is 18.5. The van der Waals surface area contributed by atoms with Crippen molar-refractivity contribution in [1.82, 2.24) is 24.9 Å². The Labute approximate surface area is 191 Å². The van der Waals surface area contributed by atoms with Crippen LogP contribution < -0.4 is 15.8 Å². The van der Waals surface area contributed by atoms with Crippen LogP contribution in [0, 0.1) is 5.82 Å². The van der Waals surface area contributed by atoms with Gasteiger partial charge in [0.25, 0.3) is 0 Å². The first kappa shape index (κ1) is 23.6. The maximum absolute atomic E-state index is 14.0. The van der Waals surface area contributed by atoms with Gasteiger partial charge in [-0.3, -0.25) is 5.32 Å². The summed E-state index contributed by atoms with van der Waals surface area (Å²) < 4.78 is 61.7. The van der Waals surface area contributed by atoms with Crippen molar-refractivity contribution in [2.24, 2.45) is 0 Å². The van der Waals surface area contributed by atoms with Crippen LogP contribution in [-0.2, 0) is 12.1 Å². The van der Waals surface area contributed by atoms with Crippen molar-refractivity contribution in [3.63, 3.8) is 0 Å². The SMILES string of the molecule is COc1cc(F)cc2c1nc(N)n1nc(CN[C@@H](c3ccc(C(C)(C)O)cc3)C(F)(F)F)nc21. The molecule has 0 amide bonds. The van der Waals surface area contributed by atoms with Gasteiger partial charge in [-0.1, -0.05) is 24.3 Å². The van der Waals surface area contributed by atoms with E-state index in [1.807, 2.05) is 0 Å². The summed E-state index contributed by atoms with van der Waals surface area (Å²) in [6.07, 6.45) is -4.61. The predicted octanol–water partition coefficient (Wildman–Crippen LogP) is 3.63. The van der Waals surface area contributed by atoms with Crippen LogP contribution in [0.25, 0.3) is 16.6 Å². The number of fused-ring (bicyclic) bond motifs is 3. The molecule has 180 valence electrons. The van der Waals surface area contributed by atoms with Crippen molar-refractivity contribution < 1.29 is 27.4 Å². The van der Waals surface area contributed by atoms with Gasteiger partial charge >= 0.3 is 6.18 Å². The summed E-state index contributed by atoms with van der Waals surface area (Å²) in [5, 5.41) is 16.9. The van der Waals surface area contributed by atoms with Gasteiger partial charge in [-0.25, -0.2) is 14.4 Å². The Morgan fingerprint density at radius 3 is 2.41 bits per heavy atom. The van der Waals surface area contributed by atoms with Crippen molar-refractivity contribution in [1.29, 1.82) is 0 Å². The summed E-state index contributed by atoms with van der Waals surface area (Å²) in [5.74, 6) is -0.544. The van der Waals surface area contributed by atoms with Gasteiger partial charge in [0.1, 0.15) is 23.1 Å². The molecule has 2 aromatic carbocycles. The Hall–Kier alpha value is -3.51. The number of nitrogens with one attached hydrogen (secondary N) is 1. The highest BCUT2D eigenvalue weighted by Gasteiger charge is 2.40. The number of anilines is 1. The number of nitrogens with two attached hydrogens (primary N) is 1. The summed E-state index contributed by atoms with van der Waals surface area (Å²) in [6.45, 7) is 2.73. The fourth-order valence-electron chi connectivity index (χ4n) is 3.64. The molecule has 2 aromatic heterocycles. The van der Waals surface area contributed by atoms with E-state index < -0.39 is 23.6 Å².